The van der Waals surface area contributed by atoms with Crippen LogP contribution in [-0.4, -0.2) is 26.2 Å². The van der Waals surface area contributed by atoms with Crippen molar-refractivity contribution in [2.75, 3.05) is 20.3 Å². The fraction of sp³-hybridized carbons (Fsp3) is 0.316. The first-order valence-corrected chi connectivity index (χ1v) is 7.87. The number of rotatable bonds is 5. The van der Waals surface area contributed by atoms with Crippen LogP contribution in [0.1, 0.15) is 23.5 Å². The number of hydrogen-bond acceptors (Lipinski definition) is 3. The Morgan fingerprint density at radius 3 is 2.78 bits per heavy atom. The zero-order valence-corrected chi connectivity index (χ0v) is 13.2. The number of amides is 1. The lowest BCUT2D eigenvalue weighted by Crippen LogP contribution is -2.31. The minimum absolute atomic E-state index is 0.0409. The highest BCUT2D eigenvalue weighted by atomic mass is 16.5. The maximum atomic E-state index is 12.1. The van der Waals surface area contributed by atoms with Gasteiger partial charge in [0.15, 0.2) is 0 Å². The number of fused-ring (bicyclic) bond motifs is 1. The SMILES string of the molecule is COc1ccc(CC(=O)NCC2CCOc3ccccc32)cc1. The van der Waals surface area contributed by atoms with Crippen molar-refractivity contribution < 1.29 is 14.3 Å². The van der Waals surface area contributed by atoms with Crippen molar-refractivity contribution in [2.45, 2.75) is 18.8 Å². The van der Waals surface area contributed by atoms with Gasteiger partial charge in [0.2, 0.25) is 5.91 Å². The molecule has 1 heterocycles. The van der Waals surface area contributed by atoms with Crippen LogP contribution in [0.4, 0.5) is 0 Å². The van der Waals surface area contributed by atoms with E-state index in [4.69, 9.17) is 9.47 Å². The summed E-state index contributed by atoms with van der Waals surface area (Å²) >= 11 is 0. The standard InChI is InChI=1S/C19H21NO3/c1-22-16-8-6-14(7-9-16)12-19(21)20-13-15-10-11-23-18-5-3-2-4-17(15)18/h2-9,15H,10-13H2,1H3,(H,20,21). The van der Waals surface area contributed by atoms with E-state index < -0.39 is 0 Å². The Morgan fingerprint density at radius 2 is 2.00 bits per heavy atom. The lowest BCUT2D eigenvalue weighted by molar-refractivity contribution is -0.120. The second kappa shape index (κ2) is 7.18. The summed E-state index contributed by atoms with van der Waals surface area (Å²) in [6.07, 6.45) is 1.31. The van der Waals surface area contributed by atoms with Gasteiger partial charge in [-0.2, -0.15) is 0 Å². The number of nitrogens with one attached hydrogen (secondary N) is 1. The third-order valence-corrected chi connectivity index (χ3v) is 4.15. The van der Waals surface area contributed by atoms with E-state index in [-0.39, 0.29) is 5.91 Å². The van der Waals surface area contributed by atoms with Crippen LogP contribution < -0.4 is 14.8 Å². The number of carbonyl (C=O) groups is 1. The van der Waals surface area contributed by atoms with Gasteiger partial charge in [0.05, 0.1) is 20.1 Å². The van der Waals surface area contributed by atoms with Crippen molar-refractivity contribution in [1.82, 2.24) is 5.32 Å². The molecule has 2 aromatic rings. The van der Waals surface area contributed by atoms with E-state index in [9.17, 15) is 4.79 Å². The Labute approximate surface area is 136 Å². The van der Waals surface area contributed by atoms with Gasteiger partial charge in [-0.3, -0.25) is 4.79 Å². The molecule has 0 aromatic heterocycles. The molecule has 0 saturated carbocycles. The molecule has 1 aliphatic heterocycles. The summed E-state index contributed by atoms with van der Waals surface area (Å²) < 4.78 is 10.8. The van der Waals surface area contributed by atoms with E-state index in [0.29, 0.717) is 25.5 Å². The zero-order valence-electron chi connectivity index (χ0n) is 13.2. The van der Waals surface area contributed by atoms with Gasteiger partial charge in [-0.15, -0.1) is 0 Å². The summed E-state index contributed by atoms with van der Waals surface area (Å²) in [5.74, 6) is 2.10. The van der Waals surface area contributed by atoms with E-state index in [1.807, 2.05) is 42.5 Å². The van der Waals surface area contributed by atoms with Crippen molar-refractivity contribution in [2.24, 2.45) is 0 Å². The summed E-state index contributed by atoms with van der Waals surface area (Å²) in [4.78, 5) is 12.1. The molecule has 1 amide bonds. The molecule has 23 heavy (non-hydrogen) atoms. The van der Waals surface area contributed by atoms with Gasteiger partial charge < -0.3 is 14.8 Å². The second-order valence-electron chi connectivity index (χ2n) is 5.70. The van der Waals surface area contributed by atoms with Gasteiger partial charge in [-0.1, -0.05) is 30.3 Å². The highest BCUT2D eigenvalue weighted by Crippen LogP contribution is 2.32. The highest BCUT2D eigenvalue weighted by molar-refractivity contribution is 5.78. The summed E-state index contributed by atoms with van der Waals surface area (Å²) in [6, 6.07) is 15.6. The first-order chi connectivity index (χ1) is 11.3. The lowest BCUT2D eigenvalue weighted by Gasteiger charge is -2.26. The van der Waals surface area contributed by atoms with Crippen LogP contribution in [-0.2, 0) is 11.2 Å². The van der Waals surface area contributed by atoms with Crippen molar-refractivity contribution in [1.29, 1.82) is 0 Å². The van der Waals surface area contributed by atoms with Gasteiger partial charge in [-0.25, -0.2) is 0 Å². The molecule has 0 radical (unpaired) electrons. The quantitative estimate of drug-likeness (QED) is 0.923. The fourth-order valence-electron chi connectivity index (χ4n) is 2.86. The average Bonchev–Trinajstić information content (AvgIpc) is 2.60. The van der Waals surface area contributed by atoms with Crippen LogP contribution in [0.2, 0.25) is 0 Å². The number of ether oxygens (including phenoxy) is 2. The topological polar surface area (TPSA) is 47.6 Å². The van der Waals surface area contributed by atoms with E-state index in [0.717, 1.165) is 23.5 Å². The molecule has 0 bridgehead atoms. The molecule has 120 valence electrons. The average molecular weight is 311 g/mol. The van der Waals surface area contributed by atoms with E-state index in [1.54, 1.807) is 7.11 Å². The van der Waals surface area contributed by atoms with E-state index >= 15 is 0 Å². The van der Waals surface area contributed by atoms with Gasteiger partial charge in [-0.05, 0) is 35.7 Å². The van der Waals surface area contributed by atoms with Gasteiger partial charge in [0.25, 0.3) is 0 Å². The molecule has 1 unspecified atom stereocenters. The summed E-state index contributed by atoms with van der Waals surface area (Å²) in [7, 11) is 1.63. The number of carbonyl (C=O) groups excluding carboxylic acids is 1. The fourth-order valence-corrected chi connectivity index (χ4v) is 2.86. The Balaban J connectivity index is 1.55. The molecule has 1 aliphatic rings. The first-order valence-electron chi connectivity index (χ1n) is 7.87. The normalized spacial score (nSPS) is 16.1. The van der Waals surface area contributed by atoms with Crippen LogP contribution in [0.15, 0.2) is 48.5 Å². The second-order valence-corrected chi connectivity index (χ2v) is 5.70. The van der Waals surface area contributed by atoms with Gasteiger partial charge in [0.1, 0.15) is 11.5 Å². The molecule has 2 aromatic carbocycles. The number of hydrogen-bond donors (Lipinski definition) is 1. The predicted octanol–water partition coefficient (Wildman–Crippen LogP) is 2.92. The molecule has 4 heteroatoms. The minimum Gasteiger partial charge on any atom is -0.497 e. The number of methoxy groups -OCH3 is 1. The van der Waals surface area contributed by atoms with Gasteiger partial charge in [0, 0.05) is 12.5 Å². The Kier molecular flexibility index (Phi) is 4.81. The monoisotopic (exact) mass is 311 g/mol. The van der Waals surface area contributed by atoms with Gasteiger partial charge >= 0.3 is 0 Å². The minimum atomic E-state index is 0.0409. The summed E-state index contributed by atoms with van der Waals surface area (Å²) in [5, 5.41) is 3.04. The van der Waals surface area contributed by atoms with E-state index in [2.05, 4.69) is 11.4 Å². The molecule has 0 spiro atoms. The highest BCUT2D eigenvalue weighted by Gasteiger charge is 2.21. The molecule has 0 saturated heterocycles. The summed E-state index contributed by atoms with van der Waals surface area (Å²) in [5.41, 5.74) is 2.17. The Bertz CT molecular complexity index is 667. The van der Waals surface area contributed by atoms with Crippen molar-refractivity contribution in [3.8, 4) is 11.5 Å². The Hall–Kier alpha value is -2.49. The van der Waals surface area contributed by atoms with Crippen molar-refractivity contribution in [3.63, 3.8) is 0 Å². The smallest absolute Gasteiger partial charge is 0.224 e. The molecule has 4 nitrogen and oxygen atoms in total. The molecule has 1 atom stereocenters. The van der Waals surface area contributed by atoms with E-state index in [1.165, 1.54) is 5.56 Å². The van der Waals surface area contributed by atoms with Crippen LogP contribution in [0.3, 0.4) is 0 Å². The van der Waals surface area contributed by atoms with Crippen LogP contribution >= 0.6 is 0 Å². The molecular weight excluding hydrogens is 290 g/mol. The third kappa shape index (κ3) is 3.83. The zero-order chi connectivity index (χ0) is 16.1. The number of para-hydroxylation sites is 1. The first kappa shape index (κ1) is 15.4. The van der Waals surface area contributed by atoms with Crippen LogP contribution in [0.25, 0.3) is 0 Å². The Morgan fingerprint density at radius 1 is 1.22 bits per heavy atom. The molecule has 0 aliphatic carbocycles. The summed E-state index contributed by atoms with van der Waals surface area (Å²) in [6.45, 7) is 1.35. The molecule has 1 N–H and O–H groups in total. The van der Waals surface area contributed by atoms with Crippen molar-refractivity contribution >= 4 is 5.91 Å². The maximum absolute atomic E-state index is 12.1. The molecule has 3 rings (SSSR count). The third-order valence-electron chi connectivity index (χ3n) is 4.15. The predicted molar refractivity (Wildman–Crippen MR) is 89.0 cm³/mol. The largest absolute Gasteiger partial charge is 0.497 e. The lowest BCUT2D eigenvalue weighted by atomic mass is 9.93. The molecule has 0 fully saturated rings. The van der Waals surface area contributed by atoms with Crippen LogP contribution in [0.5, 0.6) is 11.5 Å². The van der Waals surface area contributed by atoms with Crippen molar-refractivity contribution in [3.05, 3.63) is 59.7 Å². The molecular formula is C19H21NO3. The maximum Gasteiger partial charge on any atom is 0.224 e. The number of benzene rings is 2. The van der Waals surface area contributed by atoms with Crippen LogP contribution in [0, 0.1) is 0 Å².